The molecule has 2 saturated heterocycles. The smallest absolute Gasteiger partial charge is 0.331 e. The van der Waals surface area contributed by atoms with Gasteiger partial charge in [-0.1, -0.05) is 12.1 Å². The van der Waals surface area contributed by atoms with Gasteiger partial charge in [-0.2, -0.15) is 0 Å². The molecule has 1 aromatic rings. The quantitative estimate of drug-likeness (QED) is 0.106. The molecule has 0 radical (unpaired) electrons. The summed E-state index contributed by atoms with van der Waals surface area (Å²) in [4.78, 5) is 47.8. The summed E-state index contributed by atoms with van der Waals surface area (Å²) in [6.07, 6.45) is -11.1. The average molecular weight is 615 g/mol. The maximum Gasteiger partial charge on any atom is 0.331 e. The molecule has 0 saturated carbocycles. The highest BCUT2D eigenvalue weighted by molar-refractivity contribution is 5.87. The second-order valence-electron chi connectivity index (χ2n) is 9.68. The van der Waals surface area contributed by atoms with Crippen molar-refractivity contribution in [2.45, 2.75) is 75.6 Å². The van der Waals surface area contributed by atoms with Crippen LogP contribution in [0.2, 0.25) is 0 Å². The van der Waals surface area contributed by atoms with Gasteiger partial charge >= 0.3 is 23.9 Å². The van der Waals surface area contributed by atoms with Crippen LogP contribution in [0.4, 0.5) is 0 Å². The van der Waals surface area contributed by atoms with Gasteiger partial charge in [-0.15, -0.1) is 0 Å². The van der Waals surface area contributed by atoms with E-state index in [0.717, 1.165) is 26.8 Å². The lowest BCUT2D eigenvalue weighted by Crippen LogP contribution is -2.64. The predicted octanol–water partition coefficient (Wildman–Crippen LogP) is -1.71. The number of aliphatic hydroxyl groups excluding tert-OH is 4. The van der Waals surface area contributed by atoms with Gasteiger partial charge in [0.25, 0.3) is 0 Å². The first-order valence-electron chi connectivity index (χ1n) is 13.0. The van der Waals surface area contributed by atoms with Gasteiger partial charge in [0, 0.05) is 26.8 Å². The number of hydrogen-bond donors (Lipinski definition) is 5. The molecule has 3 rings (SSSR count). The number of phenolic OH excluding ortho intramolecular Hbond substituents is 1. The second-order valence-corrected chi connectivity index (χ2v) is 9.68. The summed E-state index contributed by atoms with van der Waals surface area (Å²) in [5.74, 6) is -5.98. The lowest BCUT2D eigenvalue weighted by molar-refractivity contribution is -0.383. The van der Waals surface area contributed by atoms with Gasteiger partial charge in [0.05, 0.1) is 6.61 Å². The first kappa shape index (κ1) is 33.9. The molecule has 238 valence electrons. The Hall–Kier alpha value is -3.64. The molecule has 2 fully saturated rings. The van der Waals surface area contributed by atoms with Gasteiger partial charge in [0.15, 0.2) is 24.6 Å². The zero-order valence-corrected chi connectivity index (χ0v) is 23.4. The zero-order valence-electron chi connectivity index (χ0n) is 23.4. The monoisotopic (exact) mass is 614 g/mol. The van der Waals surface area contributed by atoms with Crippen LogP contribution in [0.15, 0.2) is 30.3 Å². The van der Waals surface area contributed by atoms with Crippen LogP contribution in [0, 0.1) is 0 Å². The zero-order chi connectivity index (χ0) is 31.9. The Kier molecular flexibility index (Phi) is 11.6. The number of aliphatic hydroxyl groups is 4. The van der Waals surface area contributed by atoms with Crippen LogP contribution >= 0.6 is 0 Å². The Labute approximate surface area is 245 Å². The van der Waals surface area contributed by atoms with E-state index in [2.05, 4.69) is 0 Å². The van der Waals surface area contributed by atoms with Gasteiger partial charge in [-0.05, 0) is 23.8 Å². The van der Waals surface area contributed by atoms with Crippen LogP contribution in [0.3, 0.4) is 0 Å². The molecular formula is C27H34O16. The van der Waals surface area contributed by atoms with Crippen molar-refractivity contribution in [2.75, 3.05) is 19.8 Å². The lowest BCUT2D eigenvalue weighted by Gasteiger charge is -2.45. The van der Waals surface area contributed by atoms with Crippen molar-refractivity contribution in [1.29, 1.82) is 0 Å². The molecule has 0 spiro atoms. The second kappa shape index (κ2) is 14.7. The Balaban J connectivity index is 1.91. The van der Waals surface area contributed by atoms with Crippen LogP contribution in [0.1, 0.15) is 26.3 Å². The summed E-state index contributed by atoms with van der Waals surface area (Å²) in [7, 11) is 0. The number of phenols is 1. The van der Waals surface area contributed by atoms with Crippen molar-refractivity contribution in [3.63, 3.8) is 0 Å². The predicted molar refractivity (Wildman–Crippen MR) is 138 cm³/mol. The van der Waals surface area contributed by atoms with Crippen LogP contribution in [0.5, 0.6) is 5.75 Å². The van der Waals surface area contributed by atoms with Crippen molar-refractivity contribution < 1.29 is 77.9 Å². The maximum absolute atomic E-state index is 12.7. The molecule has 1 aromatic carbocycles. The Morgan fingerprint density at radius 1 is 0.884 bits per heavy atom. The van der Waals surface area contributed by atoms with Crippen LogP contribution in [0.25, 0.3) is 6.08 Å². The highest BCUT2D eigenvalue weighted by Crippen LogP contribution is 2.38. The topological polar surface area (TPSA) is 234 Å². The normalized spacial score (nSPS) is 32.3. The van der Waals surface area contributed by atoms with Crippen molar-refractivity contribution in [1.82, 2.24) is 0 Å². The first-order chi connectivity index (χ1) is 20.3. The average Bonchev–Trinajstić information content (AvgIpc) is 3.21. The molecule has 0 aliphatic carbocycles. The molecule has 9 atom stereocenters. The third-order valence-electron chi connectivity index (χ3n) is 6.41. The minimum atomic E-state index is -2.46. The number of carbonyl (C=O) groups excluding carboxylic acids is 4. The number of ether oxygens (including phenoxy) is 7. The van der Waals surface area contributed by atoms with Crippen LogP contribution in [-0.4, -0.2) is 124 Å². The molecule has 16 heteroatoms. The highest BCUT2D eigenvalue weighted by atomic mass is 16.8. The van der Waals surface area contributed by atoms with E-state index in [-0.39, 0.29) is 5.75 Å². The summed E-state index contributed by atoms with van der Waals surface area (Å²) < 4.78 is 37.7. The van der Waals surface area contributed by atoms with Crippen LogP contribution < -0.4 is 0 Å². The number of aromatic hydroxyl groups is 1. The molecule has 0 aromatic heterocycles. The standard InChI is InChI=1S/C27H34O16/c1-13(30)37-11-19-23(38-14(2)31)24(39-15(3)32)22(36)26(40-19)43-27(12-29)25(21(35)18(10-28)42-27)41-20(34)9-6-16-4-7-17(33)8-5-16/h4-9,18-19,21-26,28-29,33,35-36H,10-12H2,1-3H3/b9-6-/t18-,19-,21-,22-,23-,24-,25+,26-,27+/m1/s1. The molecule has 0 bridgehead atoms. The number of benzene rings is 1. The lowest BCUT2D eigenvalue weighted by atomic mass is 9.98. The molecule has 2 heterocycles. The number of esters is 4. The van der Waals surface area contributed by atoms with Gasteiger partial charge < -0.3 is 58.7 Å². The highest BCUT2D eigenvalue weighted by Gasteiger charge is 2.61. The summed E-state index contributed by atoms with van der Waals surface area (Å²) in [6.45, 7) is 0.663. The molecule has 0 amide bonds. The van der Waals surface area contributed by atoms with E-state index in [1.807, 2.05) is 0 Å². The Bertz CT molecular complexity index is 1170. The molecule has 2 aliphatic heterocycles. The fourth-order valence-electron chi connectivity index (χ4n) is 4.51. The van der Waals surface area contributed by atoms with Gasteiger partial charge in [0.1, 0.15) is 43.4 Å². The number of hydrogen-bond acceptors (Lipinski definition) is 16. The molecule has 43 heavy (non-hydrogen) atoms. The van der Waals surface area contributed by atoms with Crippen molar-refractivity contribution in [3.8, 4) is 5.75 Å². The van der Waals surface area contributed by atoms with E-state index in [9.17, 15) is 44.7 Å². The van der Waals surface area contributed by atoms with E-state index < -0.39 is 98.5 Å². The SMILES string of the molecule is CC(=O)OC[C@H]1O[C@H](O[C@]2(CO)O[C@H](CO)[C@@H](O)[C@@H]2OC(=O)/C=C\c2ccc(O)cc2)[C@H](O)[C@@H](OC(C)=O)[C@@H]1OC(C)=O. The van der Waals surface area contributed by atoms with E-state index in [1.54, 1.807) is 0 Å². The van der Waals surface area contributed by atoms with Crippen LogP contribution in [-0.2, 0) is 52.3 Å². The minimum Gasteiger partial charge on any atom is -0.508 e. The molecule has 2 aliphatic rings. The maximum atomic E-state index is 12.7. The first-order valence-corrected chi connectivity index (χ1v) is 13.0. The van der Waals surface area contributed by atoms with E-state index in [4.69, 9.17) is 33.2 Å². The Morgan fingerprint density at radius 3 is 2.07 bits per heavy atom. The summed E-state index contributed by atoms with van der Waals surface area (Å²) >= 11 is 0. The van der Waals surface area contributed by atoms with Gasteiger partial charge in [-0.25, -0.2) is 4.79 Å². The largest absolute Gasteiger partial charge is 0.508 e. The third-order valence-corrected chi connectivity index (χ3v) is 6.41. The Morgan fingerprint density at radius 2 is 1.51 bits per heavy atom. The van der Waals surface area contributed by atoms with E-state index >= 15 is 0 Å². The van der Waals surface area contributed by atoms with Crippen molar-refractivity contribution >= 4 is 30.0 Å². The fourth-order valence-corrected chi connectivity index (χ4v) is 4.51. The molecule has 0 unspecified atom stereocenters. The molecule has 16 nitrogen and oxygen atoms in total. The summed E-state index contributed by atoms with van der Waals surface area (Å²) in [5, 5.41) is 51.4. The fraction of sp³-hybridized carbons (Fsp3) is 0.556. The van der Waals surface area contributed by atoms with Gasteiger partial charge in [0.2, 0.25) is 5.79 Å². The number of rotatable bonds is 11. The molecule has 5 N–H and O–H groups in total. The summed E-state index contributed by atoms with van der Waals surface area (Å²) in [5.41, 5.74) is 0.507. The van der Waals surface area contributed by atoms with Crippen molar-refractivity contribution in [3.05, 3.63) is 35.9 Å². The summed E-state index contributed by atoms with van der Waals surface area (Å²) in [6, 6.07) is 5.78. The van der Waals surface area contributed by atoms with E-state index in [0.29, 0.717) is 5.56 Å². The third kappa shape index (κ3) is 8.47. The van der Waals surface area contributed by atoms with Crippen molar-refractivity contribution in [2.24, 2.45) is 0 Å². The number of carbonyl (C=O) groups is 4. The molecular weight excluding hydrogens is 580 g/mol. The van der Waals surface area contributed by atoms with E-state index in [1.165, 1.54) is 30.3 Å². The van der Waals surface area contributed by atoms with Gasteiger partial charge in [-0.3, -0.25) is 14.4 Å². The minimum absolute atomic E-state index is 0.00297.